The van der Waals surface area contributed by atoms with Crippen molar-refractivity contribution in [3.05, 3.63) is 12.2 Å². The zero-order valence-electron chi connectivity index (χ0n) is 8.02. The van der Waals surface area contributed by atoms with Crippen LogP contribution in [0.4, 0.5) is 0 Å². The summed E-state index contributed by atoms with van der Waals surface area (Å²) in [6, 6.07) is 0.424. The summed E-state index contributed by atoms with van der Waals surface area (Å²) in [7, 11) is 0. The fourth-order valence-corrected chi connectivity index (χ4v) is 1.80. The lowest BCUT2D eigenvalue weighted by Crippen LogP contribution is -2.38. The van der Waals surface area contributed by atoms with Crippen molar-refractivity contribution in [3.63, 3.8) is 0 Å². The first-order valence-corrected chi connectivity index (χ1v) is 5.01. The van der Waals surface area contributed by atoms with E-state index < -0.39 is 0 Å². The Balaban J connectivity index is 2.41. The Kier molecular flexibility index (Phi) is 5.05. The molecule has 3 nitrogen and oxygen atoms in total. The van der Waals surface area contributed by atoms with Gasteiger partial charge in [0.05, 0.1) is 13.2 Å². The first-order valence-electron chi connectivity index (χ1n) is 5.01. The summed E-state index contributed by atoms with van der Waals surface area (Å²) in [5, 5.41) is 17.7. The average Bonchev–Trinajstić information content (AvgIpc) is 2.19. The Morgan fingerprint density at radius 2 is 1.92 bits per heavy atom. The average molecular weight is 185 g/mol. The maximum absolute atomic E-state index is 8.85. The second-order valence-corrected chi connectivity index (χ2v) is 3.41. The molecule has 2 N–H and O–H groups in total. The number of hydrogen-bond donors (Lipinski definition) is 2. The van der Waals surface area contributed by atoms with E-state index in [1.165, 1.54) is 12.8 Å². The molecule has 0 aromatic rings. The van der Waals surface area contributed by atoms with E-state index >= 15 is 0 Å². The van der Waals surface area contributed by atoms with Crippen LogP contribution in [0.1, 0.15) is 19.3 Å². The van der Waals surface area contributed by atoms with Crippen LogP contribution in [0.5, 0.6) is 0 Å². The zero-order chi connectivity index (χ0) is 9.52. The van der Waals surface area contributed by atoms with Crippen molar-refractivity contribution in [1.29, 1.82) is 0 Å². The SMILES string of the molecule is OCCN(CCO)C1C=CCCC1. The van der Waals surface area contributed by atoms with Crippen LogP contribution in [0.3, 0.4) is 0 Å². The van der Waals surface area contributed by atoms with Gasteiger partial charge in [0.25, 0.3) is 0 Å². The van der Waals surface area contributed by atoms with Gasteiger partial charge in [-0.05, 0) is 19.3 Å². The van der Waals surface area contributed by atoms with Gasteiger partial charge in [0.15, 0.2) is 0 Å². The van der Waals surface area contributed by atoms with Crippen LogP contribution in [-0.2, 0) is 0 Å². The van der Waals surface area contributed by atoms with Gasteiger partial charge >= 0.3 is 0 Å². The third-order valence-electron chi connectivity index (χ3n) is 2.47. The number of aliphatic hydroxyl groups is 2. The maximum atomic E-state index is 8.85. The van der Waals surface area contributed by atoms with Gasteiger partial charge in [-0.15, -0.1) is 0 Å². The highest BCUT2D eigenvalue weighted by atomic mass is 16.3. The summed E-state index contributed by atoms with van der Waals surface area (Å²) < 4.78 is 0. The zero-order valence-corrected chi connectivity index (χ0v) is 8.02. The first kappa shape index (κ1) is 10.7. The van der Waals surface area contributed by atoms with Crippen molar-refractivity contribution >= 4 is 0 Å². The largest absolute Gasteiger partial charge is 0.395 e. The summed E-state index contributed by atoms with van der Waals surface area (Å²) in [6.45, 7) is 1.67. The molecule has 0 aromatic heterocycles. The molecule has 1 rings (SSSR count). The van der Waals surface area contributed by atoms with Gasteiger partial charge in [-0.2, -0.15) is 0 Å². The van der Waals surface area contributed by atoms with Crippen LogP contribution >= 0.6 is 0 Å². The molecule has 0 saturated carbocycles. The van der Waals surface area contributed by atoms with Gasteiger partial charge in [0.1, 0.15) is 0 Å². The second kappa shape index (κ2) is 6.13. The van der Waals surface area contributed by atoms with Crippen LogP contribution < -0.4 is 0 Å². The van der Waals surface area contributed by atoms with E-state index in [9.17, 15) is 0 Å². The summed E-state index contributed by atoms with van der Waals surface area (Å²) >= 11 is 0. The molecule has 3 heteroatoms. The molecule has 0 heterocycles. The standard InChI is InChI=1S/C10H19NO2/c12-8-6-11(7-9-13)10-4-2-1-3-5-10/h2,4,10,12-13H,1,3,5-9H2. The first-order chi connectivity index (χ1) is 6.38. The van der Waals surface area contributed by atoms with Gasteiger partial charge in [-0.1, -0.05) is 12.2 Å². The van der Waals surface area contributed by atoms with E-state index in [1.807, 2.05) is 0 Å². The van der Waals surface area contributed by atoms with E-state index in [4.69, 9.17) is 10.2 Å². The Morgan fingerprint density at radius 1 is 1.23 bits per heavy atom. The molecule has 1 aliphatic rings. The monoisotopic (exact) mass is 185 g/mol. The van der Waals surface area contributed by atoms with Crippen molar-refractivity contribution < 1.29 is 10.2 Å². The predicted molar refractivity (Wildman–Crippen MR) is 52.5 cm³/mol. The maximum Gasteiger partial charge on any atom is 0.0558 e. The lowest BCUT2D eigenvalue weighted by molar-refractivity contribution is 0.132. The van der Waals surface area contributed by atoms with Gasteiger partial charge < -0.3 is 10.2 Å². The minimum absolute atomic E-state index is 0.171. The van der Waals surface area contributed by atoms with Gasteiger partial charge in [-0.3, -0.25) is 4.90 Å². The van der Waals surface area contributed by atoms with Crippen LogP contribution in [-0.4, -0.2) is 47.5 Å². The molecule has 13 heavy (non-hydrogen) atoms. The molecule has 0 aliphatic heterocycles. The summed E-state index contributed by atoms with van der Waals surface area (Å²) in [5.41, 5.74) is 0. The van der Waals surface area contributed by atoms with E-state index in [1.54, 1.807) is 0 Å². The molecule has 0 saturated heterocycles. The molecular weight excluding hydrogens is 166 g/mol. The highest BCUT2D eigenvalue weighted by molar-refractivity contribution is 4.98. The van der Waals surface area contributed by atoms with E-state index in [0.29, 0.717) is 19.1 Å². The van der Waals surface area contributed by atoms with Gasteiger partial charge in [0.2, 0.25) is 0 Å². The van der Waals surface area contributed by atoms with Crippen molar-refractivity contribution in [2.45, 2.75) is 25.3 Å². The van der Waals surface area contributed by atoms with Crippen molar-refractivity contribution in [2.24, 2.45) is 0 Å². The Bertz CT molecular complexity index is 153. The van der Waals surface area contributed by atoms with Gasteiger partial charge in [-0.25, -0.2) is 0 Å². The molecule has 0 bridgehead atoms. The van der Waals surface area contributed by atoms with E-state index in [-0.39, 0.29) is 13.2 Å². The molecule has 0 fully saturated rings. The van der Waals surface area contributed by atoms with Crippen molar-refractivity contribution in [3.8, 4) is 0 Å². The number of rotatable bonds is 5. The lowest BCUT2D eigenvalue weighted by Gasteiger charge is -2.30. The summed E-state index contributed by atoms with van der Waals surface area (Å²) in [4.78, 5) is 2.13. The molecule has 0 amide bonds. The predicted octanol–water partition coefficient (Wildman–Crippen LogP) is 0.382. The van der Waals surface area contributed by atoms with E-state index in [0.717, 1.165) is 6.42 Å². The Labute approximate surface area is 79.7 Å². The normalized spacial score (nSPS) is 22.5. The van der Waals surface area contributed by atoms with Crippen LogP contribution in [0.2, 0.25) is 0 Å². The highest BCUT2D eigenvalue weighted by Crippen LogP contribution is 2.15. The molecule has 0 aromatic carbocycles. The summed E-state index contributed by atoms with van der Waals surface area (Å²) in [6.07, 6.45) is 7.92. The van der Waals surface area contributed by atoms with Crippen LogP contribution in [0.25, 0.3) is 0 Å². The molecular formula is C10H19NO2. The molecule has 0 radical (unpaired) electrons. The third kappa shape index (κ3) is 3.46. The van der Waals surface area contributed by atoms with E-state index in [2.05, 4.69) is 17.1 Å². The minimum Gasteiger partial charge on any atom is -0.395 e. The number of allylic oxidation sites excluding steroid dienone is 1. The topological polar surface area (TPSA) is 43.7 Å². The molecule has 76 valence electrons. The van der Waals surface area contributed by atoms with Gasteiger partial charge in [0, 0.05) is 19.1 Å². The fraction of sp³-hybridized carbons (Fsp3) is 0.800. The molecule has 1 atom stereocenters. The van der Waals surface area contributed by atoms with Crippen molar-refractivity contribution in [1.82, 2.24) is 4.90 Å². The Morgan fingerprint density at radius 3 is 2.38 bits per heavy atom. The third-order valence-corrected chi connectivity index (χ3v) is 2.47. The van der Waals surface area contributed by atoms with Crippen LogP contribution in [0.15, 0.2) is 12.2 Å². The Hall–Kier alpha value is -0.380. The fourth-order valence-electron chi connectivity index (χ4n) is 1.80. The quantitative estimate of drug-likeness (QED) is 0.609. The highest BCUT2D eigenvalue weighted by Gasteiger charge is 2.15. The second-order valence-electron chi connectivity index (χ2n) is 3.41. The van der Waals surface area contributed by atoms with Crippen LogP contribution in [0, 0.1) is 0 Å². The minimum atomic E-state index is 0.171. The van der Waals surface area contributed by atoms with Crippen molar-refractivity contribution in [2.75, 3.05) is 26.3 Å². The number of nitrogens with zero attached hydrogens (tertiary/aromatic N) is 1. The molecule has 1 aliphatic carbocycles. The molecule has 0 spiro atoms. The smallest absolute Gasteiger partial charge is 0.0558 e. The number of hydrogen-bond acceptors (Lipinski definition) is 3. The molecule has 1 unspecified atom stereocenters. The summed E-state index contributed by atoms with van der Waals surface area (Å²) in [5.74, 6) is 0. The number of aliphatic hydroxyl groups excluding tert-OH is 2. The lowest BCUT2D eigenvalue weighted by atomic mass is 10.0.